The summed E-state index contributed by atoms with van der Waals surface area (Å²) in [5, 5.41) is 9.07. The van der Waals surface area contributed by atoms with Gasteiger partial charge in [-0.15, -0.1) is 0 Å². The first kappa shape index (κ1) is 16.2. The van der Waals surface area contributed by atoms with Gasteiger partial charge in [0, 0.05) is 18.1 Å². The van der Waals surface area contributed by atoms with Crippen molar-refractivity contribution in [2.75, 3.05) is 19.7 Å². The molecule has 6 nitrogen and oxygen atoms in total. The van der Waals surface area contributed by atoms with Gasteiger partial charge in [0.15, 0.2) is 0 Å². The van der Waals surface area contributed by atoms with Crippen molar-refractivity contribution in [2.24, 2.45) is 0 Å². The number of benzene rings is 1. The second-order valence-electron chi connectivity index (χ2n) is 5.32. The summed E-state index contributed by atoms with van der Waals surface area (Å²) in [6.07, 6.45) is 0. The molecule has 0 amide bonds. The molecule has 1 aliphatic heterocycles. The number of carbonyl (C=O) groups is 1. The maximum atomic E-state index is 12.5. The van der Waals surface area contributed by atoms with Crippen molar-refractivity contribution in [3.63, 3.8) is 0 Å². The van der Waals surface area contributed by atoms with Crippen molar-refractivity contribution in [1.29, 1.82) is 0 Å². The number of sulfonamides is 1. The van der Waals surface area contributed by atoms with E-state index in [-0.39, 0.29) is 18.0 Å². The molecule has 0 bridgehead atoms. The third kappa shape index (κ3) is 3.37. The molecule has 116 valence electrons. The fourth-order valence-electron chi connectivity index (χ4n) is 2.24. The van der Waals surface area contributed by atoms with Crippen LogP contribution < -0.4 is 0 Å². The van der Waals surface area contributed by atoms with Gasteiger partial charge in [0.25, 0.3) is 0 Å². The Morgan fingerprint density at radius 2 is 2.10 bits per heavy atom. The molecule has 1 aromatic rings. The maximum Gasteiger partial charge on any atom is 0.329 e. The number of ether oxygens (including phenoxy) is 1. The molecule has 0 spiro atoms. The minimum absolute atomic E-state index is 0.130. The van der Waals surface area contributed by atoms with Crippen LogP contribution in [0.3, 0.4) is 0 Å². The summed E-state index contributed by atoms with van der Waals surface area (Å²) in [5.41, 5.74) is -0.186. The van der Waals surface area contributed by atoms with E-state index in [9.17, 15) is 13.2 Å². The summed E-state index contributed by atoms with van der Waals surface area (Å²) in [6, 6.07) is 4.59. The minimum Gasteiger partial charge on any atom is -0.480 e. The number of hydrogen-bond acceptors (Lipinski definition) is 4. The minimum atomic E-state index is -3.61. The Kier molecular flexibility index (Phi) is 4.30. The van der Waals surface area contributed by atoms with Crippen LogP contribution >= 0.6 is 11.6 Å². The van der Waals surface area contributed by atoms with Gasteiger partial charge in [-0.1, -0.05) is 11.6 Å². The van der Waals surface area contributed by atoms with Gasteiger partial charge in [0.2, 0.25) is 10.0 Å². The molecule has 1 N–H and O–H groups in total. The molecule has 1 aromatic carbocycles. The van der Waals surface area contributed by atoms with E-state index in [1.807, 2.05) is 0 Å². The molecule has 0 radical (unpaired) electrons. The SMILES string of the molecule is Cc1cc(Cl)ccc1S(=O)(=O)N1CC(C)(OCC(=O)O)C1. The van der Waals surface area contributed by atoms with Crippen molar-refractivity contribution in [3.8, 4) is 0 Å². The first-order valence-electron chi connectivity index (χ1n) is 6.26. The third-order valence-electron chi connectivity index (χ3n) is 3.32. The Balaban J connectivity index is 2.11. The molecule has 21 heavy (non-hydrogen) atoms. The van der Waals surface area contributed by atoms with Crippen LogP contribution in [0.5, 0.6) is 0 Å². The zero-order valence-electron chi connectivity index (χ0n) is 11.7. The Hall–Kier alpha value is -1.15. The lowest BCUT2D eigenvalue weighted by atomic mass is 10.0. The summed E-state index contributed by atoms with van der Waals surface area (Å²) in [6.45, 7) is 3.19. The van der Waals surface area contributed by atoms with Gasteiger partial charge in [-0.2, -0.15) is 4.31 Å². The number of halogens is 1. The normalized spacial score (nSPS) is 18.2. The molecule has 0 unspecified atom stereocenters. The number of rotatable bonds is 5. The smallest absolute Gasteiger partial charge is 0.329 e. The Labute approximate surface area is 128 Å². The van der Waals surface area contributed by atoms with Crippen LogP contribution in [0.4, 0.5) is 0 Å². The van der Waals surface area contributed by atoms with Crippen molar-refractivity contribution in [2.45, 2.75) is 24.3 Å². The number of aliphatic carboxylic acids is 1. The average molecular weight is 334 g/mol. The van der Waals surface area contributed by atoms with Crippen molar-refractivity contribution >= 4 is 27.6 Å². The molecular formula is C13H16ClNO5S. The Morgan fingerprint density at radius 3 is 2.62 bits per heavy atom. The monoisotopic (exact) mass is 333 g/mol. The fourth-order valence-corrected chi connectivity index (χ4v) is 4.34. The average Bonchev–Trinajstić information content (AvgIpc) is 2.32. The van der Waals surface area contributed by atoms with E-state index in [0.717, 1.165) is 0 Å². The lowest BCUT2D eigenvalue weighted by Gasteiger charge is -2.46. The summed E-state index contributed by atoms with van der Waals surface area (Å²) >= 11 is 5.83. The lowest BCUT2D eigenvalue weighted by Crippen LogP contribution is -2.63. The van der Waals surface area contributed by atoms with E-state index in [2.05, 4.69) is 0 Å². The van der Waals surface area contributed by atoms with Crippen LogP contribution in [0.1, 0.15) is 12.5 Å². The zero-order valence-corrected chi connectivity index (χ0v) is 13.2. The highest BCUT2D eigenvalue weighted by atomic mass is 35.5. The lowest BCUT2D eigenvalue weighted by molar-refractivity contribution is -0.157. The van der Waals surface area contributed by atoms with Gasteiger partial charge in [-0.05, 0) is 37.6 Å². The quantitative estimate of drug-likeness (QED) is 0.883. The highest BCUT2D eigenvalue weighted by Crippen LogP contribution is 2.32. The van der Waals surface area contributed by atoms with Crippen LogP contribution in [0.25, 0.3) is 0 Å². The van der Waals surface area contributed by atoms with Crippen molar-refractivity contribution in [1.82, 2.24) is 4.31 Å². The van der Waals surface area contributed by atoms with Crippen LogP contribution in [-0.4, -0.2) is 49.1 Å². The van der Waals surface area contributed by atoms with Gasteiger partial charge >= 0.3 is 5.97 Å². The third-order valence-corrected chi connectivity index (χ3v) is 5.51. The van der Waals surface area contributed by atoms with Crippen LogP contribution in [0.2, 0.25) is 5.02 Å². The van der Waals surface area contributed by atoms with E-state index in [1.165, 1.54) is 16.4 Å². The fraction of sp³-hybridized carbons (Fsp3) is 0.462. The summed E-state index contributed by atoms with van der Waals surface area (Å²) in [7, 11) is -3.61. The Bertz CT molecular complexity index is 667. The second-order valence-corrected chi connectivity index (χ2v) is 7.66. The highest BCUT2D eigenvalue weighted by Gasteiger charge is 2.46. The van der Waals surface area contributed by atoms with Gasteiger partial charge in [-0.3, -0.25) is 0 Å². The predicted molar refractivity (Wildman–Crippen MR) is 76.9 cm³/mol. The zero-order chi connectivity index (χ0) is 15.8. The second kappa shape index (κ2) is 5.57. The standard InChI is InChI=1S/C13H16ClNO5S/c1-9-5-10(14)3-4-11(9)21(18,19)15-7-13(2,8-15)20-6-12(16)17/h3-5H,6-8H2,1-2H3,(H,16,17). The number of nitrogens with zero attached hydrogens (tertiary/aromatic N) is 1. The molecule has 1 fully saturated rings. The number of aryl methyl sites for hydroxylation is 1. The maximum absolute atomic E-state index is 12.5. The largest absolute Gasteiger partial charge is 0.480 e. The van der Waals surface area contributed by atoms with Gasteiger partial charge in [0.05, 0.1) is 10.5 Å². The van der Waals surface area contributed by atoms with E-state index < -0.39 is 28.2 Å². The molecular weight excluding hydrogens is 318 g/mol. The van der Waals surface area contributed by atoms with E-state index in [4.69, 9.17) is 21.4 Å². The first-order valence-corrected chi connectivity index (χ1v) is 8.08. The molecule has 2 rings (SSSR count). The number of carboxylic acid groups (broad SMARTS) is 1. The van der Waals surface area contributed by atoms with Crippen molar-refractivity contribution < 1.29 is 23.1 Å². The predicted octanol–water partition coefficient (Wildman–Crippen LogP) is 1.51. The topological polar surface area (TPSA) is 83.9 Å². The summed E-state index contributed by atoms with van der Waals surface area (Å²) < 4.78 is 31.4. The molecule has 8 heteroatoms. The molecule has 1 aliphatic rings. The molecule has 0 aromatic heterocycles. The van der Waals surface area contributed by atoms with E-state index in [0.29, 0.717) is 10.6 Å². The molecule has 1 heterocycles. The molecule has 0 aliphatic carbocycles. The first-order chi connectivity index (χ1) is 9.64. The molecule has 0 atom stereocenters. The van der Waals surface area contributed by atoms with Crippen LogP contribution in [0.15, 0.2) is 23.1 Å². The molecule has 0 saturated carbocycles. The van der Waals surface area contributed by atoms with E-state index in [1.54, 1.807) is 19.9 Å². The van der Waals surface area contributed by atoms with Gasteiger partial charge in [-0.25, -0.2) is 13.2 Å². The molecule has 1 saturated heterocycles. The van der Waals surface area contributed by atoms with Gasteiger partial charge in [0.1, 0.15) is 6.61 Å². The number of carboxylic acids is 1. The number of hydrogen-bond donors (Lipinski definition) is 1. The summed E-state index contributed by atoms with van der Waals surface area (Å²) in [5.74, 6) is -1.08. The van der Waals surface area contributed by atoms with E-state index >= 15 is 0 Å². The van der Waals surface area contributed by atoms with Gasteiger partial charge < -0.3 is 9.84 Å². The Morgan fingerprint density at radius 1 is 1.48 bits per heavy atom. The van der Waals surface area contributed by atoms with Crippen LogP contribution in [-0.2, 0) is 19.6 Å². The van der Waals surface area contributed by atoms with Crippen molar-refractivity contribution in [3.05, 3.63) is 28.8 Å². The van der Waals surface area contributed by atoms with Crippen LogP contribution in [0, 0.1) is 6.92 Å². The summed E-state index contributed by atoms with van der Waals surface area (Å²) in [4.78, 5) is 10.7. The highest BCUT2D eigenvalue weighted by molar-refractivity contribution is 7.89.